The van der Waals surface area contributed by atoms with E-state index in [2.05, 4.69) is 22.0 Å². The average Bonchev–Trinajstić information content (AvgIpc) is 2.84. The maximum absolute atomic E-state index is 6.08. The van der Waals surface area contributed by atoms with Crippen LogP contribution in [-0.2, 0) is 9.47 Å². The molecule has 3 aromatic rings. The Balaban J connectivity index is 1.57. The lowest BCUT2D eigenvalue weighted by molar-refractivity contribution is 0.0320. The smallest absolute Gasteiger partial charge is 0.163 e. The number of aromatic nitrogens is 2. The second-order valence-corrected chi connectivity index (χ2v) is 7.34. The van der Waals surface area contributed by atoms with Gasteiger partial charge in [-0.1, -0.05) is 18.1 Å². The Morgan fingerprint density at radius 2 is 1.91 bits per heavy atom. The second-order valence-electron chi connectivity index (χ2n) is 7.34. The molecular formula is C25H26N3O4. The molecule has 1 fully saturated rings. The predicted octanol–water partition coefficient (Wildman–Crippen LogP) is 2.81. The third-order valence-corrected chi connectivity index (χ3v) is 5.17. The number of nitrogens with zero attached hydrogens (tertiary/aromatic N) is 3. The highest BCUT2D eigenvalue weighted by molar-refractivity contribution is 5.83. The van der Waals surface area contributed by atoms with Gasteiger partial charge >= 0.3 is 0 Å². The fourth-order valence-electron chi connectivity index (χ4n) is 3.43. The molecule has 1 radical (unpaired) electrons. The van der Waals surface area contributed by atoms with Gasteiger partial charge in [0.2, 0.25) is 0 Å². The molecule has 0 aliphatic carbocycles. The largest absolute Gasteiger partial charge is 0.488 e. The van der Waals surface area contributed by atoms with Crippen molar-refractivity contribution in [3.8, 4) is 35.2 Å². The number of rotatable bonds is 9. The zero-order chi connectivity index (χ0) is 22.2. The summed E-state index contributed by atoms with van der Waals surface area (Å²) in [6.45, 7) is 5.63. The van der Waals surface area contributed by atoms with Crippen LogP contribution in [0.5, 0.6) is 11.5 Å². The number of terminal acetylenes is 1. The SMILES string of the molecule is C#Cc1cccc(-c2n[c]c3cc(OCCN4CCOCC4)c(OCCOC)cc3n2)c1. The van der Waals surface area contributed by atoms with Gasteiger partial charge < -0.3 is 18.9 Å². The van der Waals surface area contributed by atoms with Gasteiger partial charge in [0.15, 0.2) is 17.3 Å². The van der Waals surface area contributed by atoms with E-state index in [-0.39, 0.29) is 0 Å². The van der Waals surface area contributed by atoms with E-state index in [1.165, 1.54) is 0 Å². The van der Waals surface area contributed by atoms with Gasteiger partial charge in [0.25, 0.3) is 0 Å². The van der Waals surface area contributed by atoms with Crippen molar-refractivity contribution in [1.82, 2.24) is 14.9 Å². The summed E-state index contributed by atoms with van der Waals surface area (Å²) in [5.74, 6) is 4.45. The van der Waals surface area contributed by atoms with E-state index in [9.17, 15) is 0 Å². The number of hydrogen-bond donors (Lipinski definition) is 0. The van der Waals surface area contributed by atoms with E-state index >= 15 is 0 Å². The molecular weight excluding hydrogens is 406 g/mol. The molecule has 0 saturated carbocycles. The van der Waals surface area contributed by atoms with Crippen LogP contribution in [0.1, 0.15) is 5.56 Å². The van der Waals surface area contributed by atoms with Crippen molar-refractivity contribution in [3.63, 3.8) is 0 Å². The van der Waals surface area contributed by atoms with Crippen LogP contribution in [0.3, 0.4) is 0 Å². The van der Waals surface area contributed by atoms with Crippen LogP contribution < -0.4 is 9.47 Å². The molecule has 2 aromatic carbocycles. The Morgan fingerprint density at radius 1 is 1.09 bits per heavy atom. The van der Waals surface area contributed by atoms with Crippen LogP contribution in [0.25, 0.3) is 22.3 Å². The molecule has 1 aliphatic rings. The molecule has 0 spiro atoms. The number of fused-ring (bicyclic) bond motifs is 1. The Bertz CT molecular complexity index is 1090. The number of methoxy groups -OCH3 is 1. The normalized spacial score (nSPS) is 14.2. The third kappa shape index (κ3) is 5.54. The molecule has 1 saturated heterocycles. The molecule has 7 heteroatoms. The molecule has 0 N–H and O–H groups in total. The van der Waals surface area contributed by atoms with Crippen LogP contribution in [0.4, 0.5) is 0 Å². The lowest BCUT2D eigenvalue weighted by Crippen LogP contribution is -2.38. The average molecular weight is 433 g/mol. The van der Waals surface area contributed by atoms with Crippen LogP contribution in [0, 0.1) is 18.5 Å². The zero-order valence-corrected chi connectivity index (χ0v) is 18.2. The maximum Gasteiger partial charge on any atom is 0.163 e. The molecule has 0 amide bonds. The first-order valence-corrected chi connectivity index (χ1v) is 10.6. The number of ether oxygens (including phenoxy) is 4. The van der Waals surface area contributed by atoms with Crippen LogP contribution >= 0.6 is 0 Å². The Morgan fingerprint density at radius 3 is 2.72 bits per heavy atom. The van der Waals surface area contributed by atoms with Crippen molar-refractivity contribution in [3.05, 3.63) is 48.2 Å². The predicted molar refractivity (Wildman–Crippen MR) is 122 cm³/mol. The van der Waals surface area contributed by atoms with Crippen LogP contribution in [0.2, 0.25) is 0 Å². The summed E-state index contributed by atoms with van der Waals surface area (Å²) in [4.78, 5) is 11.4. The van der Waals surface area contributed by atoms with Crippen molar-refractivity contribution in [2.45, 2.75) is 0 Å². The highest BCUT2D eigenvalue weighted by atomic mass is 16.5. The molecule has 0 atom stereocenters. The van der Waals surface area contributed by atoms with E-state index in [0.717, 1.165) is 49.4 Å². The maximum atomic E-state index is 6.08. The topological polar surface area (TPSA) is 65.9 Å². The molecule has 2 heterocycles. The fourth-order valence-corrected chi connectivity index (χ4v) is 3.43. The van der Waals surface area contributed by atoms with E-state index in [4.69, 9.17) is 30.4 Å². The van der Waals surface area contributed by atoms with Crippen molar-refractivity contribution in [2.75, 3.05) is 59.8 Å². The third-order valence-electron chi connectivity index (χ3n) is 5.17. The van der Waals surface area contributed by atoms with E-state index in [1.807, 2.05) is 36.4 Å². The molecule has 1 aliphatic heterocycles. The van der Waals surface area contributed by atoms with Crippen molar-refractivity contribution in [1.29, 1.82) is 0 Å². The van der Waals surface area contributed by atoms with Gasteiger partial charge in [0.05, 0.1) is 25.3 Å². The fraction of sp³-hybridized carbons (Fsp3) is 0.360. The Labute approximate surface area is 188 Å². The first-order chi connectivity index (χ1) is 15.8. The molecule has 7 nitrogen and oxygen atoms in total. The van der Waals surface area contributed by atoms with Crippen molar-refractivity contribution < 1.29 is 18.9 Å². The first-order valence-electron chi connectivity index (χ1n) is 10.6. The van der Waals surface area contributed by atoms with Gasteiger partial charge in [0.1, 0.15) is 19.4 Å². The minimum atomic E-state index is 0.410. The number of benzene rings is 2. The summed E-state index contributed by atoms with van der Waals surface area (Å²) >= 11 is 0. The highest BCUT2D eigenvalue weighted by Crippen LogP contribution is 2.32. The molecule has 165 valence electrons. The standard InChI is InChI=1S/C25H26N3O4/c1-3-19-5-4-6-20(15-19)25-26-18-21-16-23(31-12-9-28-7-10-30-11-8-28)24(17-22(21)27-25)32-14-13-29-2/h1,4-6,15-17H,7-14H2,2H3. The number of morpholine rings is 1. The Hall–Kier alpha value is -3.18. The molecule has 32 heavy (non-hydrogen) atoms. The molecule has 1 aromatic heterocycles. The minimum Gasteiger partial charge on any atom is -0.488 e. The van der Waals surface area contributed by atoms with Crippen LogP contribution in [0.15, 0.2) is 36.4 Å². The lowest BCUT2D eigenvalue weighted by atomic mass is 10.1. The zero-order valence-electron chi connectivity index (χ0n) is 18.2. The molecule has 4 rings (SSSR count). The van der Waals surface area contributed by atoms with Gasteiger partial charge in [-0.05, 0) is 18.2 Å². The van der Waals surface area contributed by atoms with Crippen LogP contribution in [-0.4, -0.2) is 74.6 Å². The minimum absolute atomic E-state index is 0.410. The summed E-state index contributed by atoms with van der Waals surface area (Å²) in [7, 11) is 1.64. The summed E-state index contributed by atoms with van der Waals surface area (Å²) in [5, 5.41) is 0.752. The van der Waals surface area contributed by atoms with Gasteiger partial charge in [-0.2, -0.15) is 0 Å². The van der Waals surface area contributed by atoms with Gasteiger partial charge in [0, 0.05) is 49.3 Å². The highest BCUT2D eigenvalue weighted by Gasteiger charge is 2.14. The molecule has 0 unspecified atom stereocenters. The first kappa shape index (κ1) is 22.0. The van der Waals surface area contributed by atoms with E-state index in [1.54, 1.807) is 7.11 Å². The van der Waals surface area contributed by atoms with Gasteiger partial charge in [-0.15, -0.1) is 6.42 Å². The monoisotopic (exact) mass is 432 g/mol. The van der Waals surface area contributed by atoms with Gasteiger partial charge in [-0.25, -0.2) is 9.97 Å². The van der Waals surface area contributed by atoms with Crippen molar-refractivity contribution in [2.24, 2.45) is 0 Å². The summed E-state index contributed by atoms with van der Waals surface area (Å²) in [6.07, 6.45) is 8.60. The van der Waals surface area contributed by atoms with Crippen molar-refractivity contribution >= 4 is 10.9 Å². The molecule has 0 bridgehead atoms. The summed E-state index contributed by atoms with van der Waals surface area (Å²) < 4.78 is 22.5. The van der Waals surface area contributed by atoms with E-state index < -0.39 is 0 Å². The van der Waals surface area contributed by atoms with Gasteiger partial charge in [-0.3, -0.25) is 4.90 Å². The quantitative estimate of drug-likeness (QED) is 0.381. The summed E-state index contributed by atoms with van der Waals surface area (Å²) in [5.41, 5.74) is 2.33. The lowest BCUT2D eigenvalue weighted by Gasteiger charge is -2.26. The Kier molecular flexibility index (Phi) is 7.51. The number of hydrogen-bond acceptors (Lipinski definition) is 7. The second kappa shape index (κ2) is 10.9. The summed E-state index contributed by atoms with van der Waals surface area (Å²) in [6, 6.07) is 11.3. The van der Waals surface area contributed by atoms with E-state index in [0.29, 0.717) is 42.7 Å².